The van der Waals surface area contributed by atoms with E-state index in [0.717, 1.165) is 5.56 Å². The number of β-amino-alcohol motifs (C(OH)–C–C–N with tert-alkyl or cyclic N) is 1. The Morgan fingerprint density at radius 3 is 2.71 bits per heavy atom. The van der Waals surface area contributed by atoms with Crippen LogP contribution in [0.2, 0.25) is 0 Å². The van der Waals surface area contributed by atoms with Crippen LogP contribution in [0.4, 0.5) is 10.1 Å². The highest BCUT2D eigenvalue weighted by Gasteiger charge is 2.32. The molecule has 4 rings (SSSR count). The van der Waals surface area contributed by atoms with E-state index in [1.165, 1.54) is 15.5 Å². The van der Waals surface area contributed by atoms with Gasteiger partial charge in [-0.05, 0) is 36.1 Å². The molecule has 1 saturated heterocycles. The number of likely N-dealkylation sites (tertiary alicyclic amines) is 1. The van der Waals surface area contributed by atoms with Crippen LogP contribution in [0, 0.1) is 5.82 Å². The van der Waals surface area contributed by atoms with E-state index in [1.54, 1.807) is 36.3 Å². The first-order valence-corrected chi connectivity index (χ1v) is 10.3. The fourth-order valence-corrected chi connectivity index (χ4v) is 4.19. The molecule has 1 aromatic heterocycles. The number of fused-ring (bicyclic) bond motifs is 1. The molecule has 2 amide bonds. The molecule has 2 aliphatic rings. The maximum absolute atomic E-state index is 13.8. The Kier molecular flexibility index (Phi) is 5.77. The number of nitrogens with zero attached hydrogens (tertiary/aromatic N) is 3. The molecule has 2 N–H and O–H groups in total. The largest absolute Gasteiger partial charge is 0.391 e. The maximum atomic E-state index is 13.8. The number of aromatic nitrogens is 1. The number of aliphatic hydroxyl groups is 1. The van der Waals surface area contributed by atoms with Crippen LogP contribution >= 0.6 is 0 Å². The first kappa shape index (κ1) is 21.0. The summed E-state index contributed by atoms with van der Waals surface area (Å²) in [5.41, 5.74) is 1.43. The number of hydrogen-bond acceptors (Lipinski definition) is 5. The Morgan fingerprint density at radius 2 is 2.00 bits per heavy atom. The third-order valence-corrected chi connectivity index (χ3v) is 5.89. The molecule has 1 unspecified atom stereocenters. The van der Waals surface area contributed by atoms with Gasteiger partial charge < -0.3 is 24.8 Å². The third-order valence-electron chi connectivity index (χ3n) is 5.89. The van der Waals surface area contributed by atoms with Crippen molar-refractivity contribution in [1.82, 2.24) is 14.4 Å². The van der Waals surface area contributed by atoms with Crippen molar-refractivity contribution < 1.29 is 19.1 Å². The molecule has 0 radical (unpaired) electrons. The summed E-state index contributed by atoms with van der Waals surface area (Å²) in [6.07, 6.45) is 1.98. The zero-order valence-electron chi connectivity index (χ0n) is 17.3. The number of carbonyl (C=O) groups excluding carboxylic acids is 2. The summed E-state index contributed by atoms with van der Waals surface area (Å²) < 4.78 is 15.1. The summed E-state index contributed by atoms with van der Waals surface area (Å²) in [4.78, 5) is 41.6. The first-order chi connectivity index (χ1) is 14.8. The number of benzene rings is 1. The van der Waals surface area contributed by atoms with E-state index in [4.69, 9.17) is 0 Å². The molecule has 0 aliphatic carbocycles. The standard InChI is InChI=1S/C22H25FN4O4/c1-25-11-14-12-26(19(29)10-24-18-5-3-2-4-17(18)23)9-7-16(14)20(21(25)30)22(31)27-8-6-15(28)13-27/h2-5,11,15,24,28H,6-10,12-13H2,1H3. The van der Waals surface area contributed by atoms with Gasteiger partial charge in [-0.2, -0.15) is 0 Å². The summed E-state index contributed by atoms with van der Waals surface area (Å²) in [5.74, 6) is -0.988. The summed E-state index contributed by atoms with van der Waals surface area (Å²) in [6, 6.07) is 6.15. The van der Waals surface area contributed by atoms with Crippen molar-refractivity contribution in [2.75, 3.05) is 31.5 Å². The number of para-hydroxylation sites is 1. The number of rotatable bonds is 4. The van der Waals surface area contributed by atoms with Crippen LogP contribution in [0.3, 0.4) is 0 Å². The minimum atomic E-state index is -0.567. The molecule has 1 aromatic carbocycles. The van der Waals surface area contributed by atoms with Crippen LogP contribution in [0.25, 0.3) is 0 Å². The number of nitrogens with one attached hydrogen (secondary N) is 1. The summed E-state index contributed by atoms with van der Waals surface area (Å²) in [7, 11) is 1.58. The zero-order chi connectivity index (χ0) is 22.1. The molecule has 31 heavy (non-hydrogen) atoms. The van der Waals surface area contributed by atoms with Gasteiger partial charge in [-0.1, -0.05) is 12.1 Å². The van der Waals surface area contributed by atoms with E-state index >= 15 is 0 Å². The minimum Gasteiger partial charge on any atom is -0.391 e. The van der Waals surface area contributed by atoms with Gasteiger partial charge in [0.05, 0.1) is 18.3 Å². The summed E-state index contributed by atoms with van der Waals surface area (Å²) in [5, 5.41) is 12.6. The molecule has 2 aromatic rings. The van der Waals surface area contributed by atoms with Crippen molar-refractivity contribution >= 4 is 17.5 Å². The molecule has 3 heterocycles. The topological polar surface area (TPSA) is 94.9 Å². The number of anilines is 1. The van der Waals surface area contributed by atoms with E-state index in [0.29, 0.717) is 31.5 Å². The Balaban J connectivity index is 1.52. The second-order valence-corrected chi connectivity index (χ2v) is 8.02. The highest BCUT2D eigenvalue weighted by atomic mass is 19.1. The van der Waals surface area contributed by atoms with Crippen molar-refractivity contribution in [2.45, 2.75) is 25.5 Å². The minimum absolute atomic E-state index is 0.0561. The van der Waals surface area contributed by atoms with Crippen LogP contribution in [0.15, 0.2) is 35.3 Å². The van der Waals surface area contributed by atoms with Gasteiger partial charge in [0.15, 0.2) is 0 Å². The van der Waals surface area contributed by atoms with Crippen LogP contribution in [0.5, 0.6) is 0 Å². The second-order valence-electron chi connectivity index (χ2n) is 8.02. The van der Waals surface area contributed by atoms with Gasteiger partial charge in [0.1, 0.15) is 11.4 Å². The van der Waals surface area contributed by atoms with Crippen LogP contribution in [-0.4, -0.2) is 63.6 Å². The predicted molar refractivity (Wildman–Crippen MR) is 112 cm³/mol. The van der Waals surface area contributed by atoms with Crippen molar-refractivity contribution in [3.63, 3.8) is 0 Å². The Hall–Kier alpha value is -3.20. The first-order valence-electron chi connectivity index (χ1n) is 10.3. The highest BCUT2D eigenvalue weighted by Crippen LogP contribution is 2.23. The molecule has 8 nitrogen and oxygen atoms in total. The number of aryl methyl sites for hydroxylation is 1. The Morgan fingerprint density at radius 1 is 1.23 bits per heavy atom. The van der Waals surface area contributed by atoms with Gasteiger partial charge in [-0.3, -0.25) is 14.4 Å². The van der Waals surface area contributed by atoms with E-state index in [-0.39, 0.29) is 48.3 Å². The molecule has 0 spiro atoms. The van der Waals surface area contributed by atoms with Gasteiger partial charge in [-0.25, -0.2) is 4.39 Å². The molecule has 0 bridgehead atoms. The maximum Gasteiger partial charge on any atom is 0.263 e. The molecule has 9 heteroatoms. The monoisotopic (exact) mass is 428 g/mol. The van der Waals surface area contributed by atoms with Crippen LogP contribution in [0.1, 0.15) is 27.9 Å². The van der Waals surface area contributed by atoms with E-state index in [9.17, 15) is 23.9 Å². The number of amides is 2. The molecule has 164 valence electrons. The van der Waals surface area contributed by atoms with Crippen molar-refractivity contribution in [1.29, 1.82) is 0 Å². The molecule has 1 atom stereocenters. The molecule has 1 fully saturated rings. The number of hydrogen-bond donors (Lipinski definition) is 2. The van der Waals surface area contributed by atoms with Crippen molar-refractivity contribution in [3.05, 3.63) is 63.3 Å². The van der Waals surface area contributed by atoms with Gasteiger partial charge >= 0.3 is 0 Å². The SMILES string of the molecule is Cn1cc2c(c(C(=O)N3CCC(O)C3)c1=O)CCN(C(=O)CNc1ccccc1F)C2. The second kappa shape index (κ2) is 8.50. The lowest BCUT2D eigenvalue weighted by Crippen LogP contribution is -2.43. The number of aliphatic hydroxyl groups excluding tert-OH is 1. The quantitative estimate of drug-likeness (QED) is 0.749. The number of pyridine rings is 1. The lowest BCUT2D eigenvalue weighted by Gasteiger charge is -2.31. The molecular formula is C22H25FN4O4. The Labute approximate surface area is 178 Å². The average molecular weight is 428 g/mol. The van der Waals surface area contributed by atoms with Gasteiger partial charge in [0.25, 0.3) is 11.5 Å². The van der Waals surface area contributed by atoms with Crippen molar-refractivity contribution in [3.8, 4) is 0 Å². The van der Waals surface area contributed by atoms with Crippen LogP contribution in [-0.2, 0) is 24.8 Å². The smallest absolute Gasteiger partial charge is 0.263 e. The molecular weight excluding hydrogens is 403 g/mol. The fourth-order valence-electron chi connectivity index (χ4n) is 4.19. The summed E-state index contributed by atoms with van der Waals surface area (Å²) >= 11 is 0. The van der Waals surface area contributed by atoms with Crippen LogP contribution < -0.4 is 10.9 Å². The van der Waals surface area contributed by atoms with E-state index < -0.39 is 11.9 Å². The van der Waals surface area contributed by atoms with Gasteiger partial charge in [-0.15, -0.1) is 0 Å². The molecule has 0 saturated carbocycles. The highest BCUT2D eigenvalue weighted by molar-refractivity contribution is 5.96. The lowest BCUT2D eigenvalue weighted by molar-refractivity contribution is -0.130. The third kappa shape index (κ3) is 4.18. The lowest BCUT2D eigenvalue weighted by atomic mass is 9.95. The molecule has 2 aliphatic heterocycles. The normalized spacial score (nSPS) is 18.1. The zero-order valence-corrected chi connectivity index (χ0v) is 17.3. The average Bonchev–Trinajstić information content (AvgIpc) is 3.19. The number of carbonyl (C=O) groups is 2. The van der Waals surface area contributed by atoms with Crippen molar-refractivity contribution in [2.24, 2.45) is 7.05 Å². The van der Waals surface area contributed by atoms with Gasteiger partial charge in [0.2, 0.25) is 5.91 Å². The summed E-state index contributed by atoms with van der Waals surface area (Å²) in [6.45, 7) is 1.21. The van der Waals surface area contributed by atoms with E-state index in [2.05, 4.69) is 5.32 Å². The van der Waals surface area contributed by atoms with Gasteiger partial charge in [0, 0.05) is 39.4 Å². The van der Waals surface area contributed by atoms with E-state index in [1.807, 2.05) is 0 Å². The number of halogens is 1. The Bertz CT molecular complexity index is 1080. The fraction of sp³-hybridized carbons (Fsp3) is 0.409. The predicted octanol–water partition coefficient (Wildman–Crippen LogP) is 0.728.